The van der Waals surface area contributed by atoms with Crippen molar-refractivity contribution in [1.82, 2.24) is 0 Å². The highest BCUT2D eigenvalue weighted by Crippen LogP contribution is 2.47. The topological polar surface area (TPSA) is 29.5 Å². The minimum absolute atomic E-state index is 0.00805. The van der Waals surface area contributed by atoms with Gasteiger partial charge in [-0.1, -0.05) is 84.9 Å². The zero-order valence-corrected chi connectivity index (χ0v) is 27.2. The van der Waals surface area contributed by atoms with E-state index in [-0.39, 0.29) is 12.1 Å². The van der Waals surface area contributed by atoms with Gasteiger partial charge in [-0.15, -0.1) is 0 Å². The summed E-state index contributed by atoms with van der Waals surface area (Å²) in [4.78, 5) is 0. The van der Waals surface area contributed by atoms with E-state index < -0.39 is 8.16 Å². The van der Waals surface area contributed by atoms with Crippen molar-refractivity contribution in [1.29, 1.82) is 0 Å². The van der Waals surface area contributed by atoms with E-state index >= 15 is 0 Å². The summed E-state index contributed by atoms with van der Waals surface area (Å²) in [5, 5.41) is 7.16. The van der Waals surface area contributed by atoms with Crippen molar-refractivity contribution >= 4 is 51.6 Å². The molecule has 6 aromatic carbocycles. The normalized spacial score (nSPS) is 13.2. The van der Waals surface area contributed by atoms with Crippen molar-refractivity contribution in [3.63, 3.8) is 0 Å². The quantitative estimate of drug-likeness (QED) is 0.198. The second-order valence-electron chi connectivity index (χ2n) is 12.3. The van der Waals surface area contributed by atoms with Gasteiger partial charge in [-0.25, -0.2) is 0 Å². The molecule has 0 radical (unpaired) electrons. The lowest BCUT2D eigenvalue weighted by Gasteiger charge is -2.32. The number of fused-ring (bicyclic) bond motifs is 5. The third kappa shape index (κ3) is 5.11. The van der Waals surface area contributed by atoms with Crippen LogP contribution >= 0.6 is 8.16 Å². The van der Waals surface area contributed by atoms with Crippen molar-refractivity contribution in [3.05, 3.63) is 143 Å². The summed E-state index contributed by atoms with van der Waals surface area (Å²) < 4.78 is 16.7. The zero-order valence-electron chi connectivity index (χ0n) is 26.3. The van der Waals surface area contributed by atoms with Gasteiger partial charge < -0.3 is 8.39 Å². The van der Waals surface area contributed by atoms with Crippen molar-refractivity contribution in [2.45, 2.75) is 53.6 Å². The third-order valence-corrected chi connectivity index (χ3v) is 10.7. The maximum Gasteiger partial charge on any atom is 0.310 e. The van der Waals surface area contributed by atoms with Gasteiger partial charge in [-0.3, -0.25) is 0 Å². The van der Waals surface area contributed by atoms with Gasteiger partial charge in [0.15, 0.2) is 0 Å². The Balaban J connectivity index is 1.51. The molecule has 0 aliphatic rings. The Morgan fingerprint density at radius 1 is 0.500 bits per heavy atom. The summed E-state index contributed by atoms with van der Waals surface area (Å²) in [5.74, 6) is 0. The van der Waals surface area contributed by atoms with Gasteiger partial charge in [0.25, 0.3) is 0 Å². The van der Waals surface area contributed by atoms with Gasteiger partial charge >= 0.3 is 8.16 Å². The second kappa shape index (κ2) is 11.3. The van der Waals surface area contributed by atoms with E-state index in [1.807, 2.05) is 0 Å². The lowest BCUT2D eigenvalue weighted by atomic mass is 9.99. The maximum atomic E-state index is 7.11. The molecule has 7 rings (SSSR count). The maximum absolute atomic E-state index is 7.11. The first-order chi connectivity index (χ1) is 21.3. The molecule has 0 unspecified atom stereocenters. The Kier molecular flexibility index (Phi) is 7.33. The van der Waals surface area contributed by atoms with Crippen LogP contribution in [0.15, 0.2) is 118 Å². The minimum Gasteiger partial charge on any atom is -0.407 e. The SMILES string of the molecule is Cc1cc(C)c2op(N([C@H](C)c3ccc4ccccc4c3)[C@H](C)c3ccc4ccccc4c3)oc3c(C)cc(C)cc3c2c1. The second-order valence-corrected chi connectivity index (χ2v) is 13.6. The molecule has 0 bridgehead atoms. The molecule has 0 saturated carbocycles. The number of aryl methyl sites for hydroxylation is 4. The fourth-order valence-corrected chi connectivity index (χ4v) is 8.53. The van der Waals surface area contributed by atoms with Gasteiger partial charge in [0.2, 0.25) is 0 Å². The van der Waals surface area contributed by atoms with Crippen LogP contribution in [0.3, 0.4) is 0 Å². The number of hydrogen-bond donors (Lipinski definition) is 0. The van der Waals surface area contributed by atoms with Gasteiger partial charge in [-0.05, 0) is 121 Å². The fourth-order valence-electron chi connectivity index (χ4n) is 6.68. The van der Waals surface area contributed by atoms with E-state index in [1.54, 1.807) is 0 Å². The van der Waals surface area contributed by atoms with Crippen LogP contribution in [0.1, 0.15) is 59.3 Å². The summed E-state index contributed by atoms with van der Waals surface area (Å²) in [6.07, 6.45) is 0. The Bertz CT molecular complexity index is 2080. The summed E-state index contributed by atoms with van der Waals surface area (Å²) in [7, 11) is -1.57. The van der Waals surface area contributed by atoms with E-state index in [9.17, 15) is 0 Å². The molecule has 1 aromatic heterocycles. The van der Waals surface area contributed by atoms with Gasteiger partial charge in [-0.2, -0.15) is 4.67 Å². The van der Waals surface area contributed by atoms with Crippen LogP contribution in [0.25, 0.3) is 43.5 Å². The van der Waals surface area contributed by atoms with Crippen LogP contribution in [0.2, 0.25) is 0 Å². The molecule has 0 fully saturated rings. The van der Waals surface area contributed by atoms with Crippen molar-refractivity contribution in [2.75, 3.05) is 4.67 Å². The summed E-state index contributed by atoms with van der Waals surface area (Å²) >= 11 is 0. The van der Waals surface area contributed by atoms with E-state index in [0.717, 1.165) is 33.1 Å². The molecule has 2 atom stereocenters. The number of benzene rings is 6. The largest absolute Gasteiger partial charge is 0.407 e. The van der Waals surface area contributed by atoms with Crippen molar-refractivity contribution < 1.29 is 8.39 Å². The lowest BCUT2D eigenvalue weighted by Crippen LogP contribution is -2.27. The van der Waals surface area contributed by atoms with E-state index in [2.05, 4.69) is 155 Å². The molecule has 0 aliphatic carbocycles. The van der Waals surface area contributed by atoms with Crippen molar-refractivity contribution in [2.24, 2.45) is 0 Å². The molecule has 4 heteroatoms. The Morgan fingerprint density at radius 2 is 0.909 bits per heavy atom. The van der Waals surface area contributed by atoms with Crippen molar-refractivity contribution in [3.8, 4) is 0 Å². The average Bonchev–Trinajstić information content (AvgIpc) is 3.18. The lowest BCUT2D eigenvalue weighted by molar-refractivity contribution is 0.557. The Morgan fingerprint density at radius 3 is 1.34 bits per heavy atom. The highest BCUT2D eigenvalue weighted by molar-refractivity contribution is 7.39. The number of nitrogens with zero attached hydrogens (tertiary/aromatic N) is 1. The molecule has 0 spiro atoms. The first kappa shape index (κ1) is 28.5. The molecular formula is C40H38NO2P. The van der Waals surface area contributed by atoms with E-state index in [0.29, 0.717) is 0 Å². The van der Waals surface area contributed by atoms with Crippen LogP contribution in [0, 0.1) is 27.7 Å². The first-order valence-corrected chi connectivity index (χ1v) is 16.5. The Labute approximate surface area is 260 Å². The number of hydrogen-bond acceptors (Lipinski definition) is 3. The van der Waals surface area contributed by atoms with Gasteiger partial charge in [0.05, 0.1) is 0 Å². The molecule has 44 heavy (non-hydrogen) atoms. The van der Waals surface area contributed by atoms with E-state index in [1.165, 1.54) is 43.8 Å². The molecule has 3 nitrogen and oxygen atoms in total. The smallest absolute Gasteiger partial charge is 0.310 e. The number of rotatable bonds is 5. The van der Waals surface area contributed by atoms with Crippen LogP contribution < -0.4 is 4.67 Å². The fraction of sp³-hybridized carbons (Fsp3) is 0.200. The highest BCUT2D eigenvalue weighted by Gasteiger charge is 2.30. The third-order valence-electron chi connectivity index (χ3n) is 8.96. The predicted molar refractivity (Wildman–Crippen MR) is 188 cm³/mol. The Hall–Kier alpha value is -4.30. The molecule has 0 aliphatic heterocycles. The molecule has 0 saturated heterocycles. The van der Waals surface area contributed by atoms with Crippen LogP contribution in [-0.2, 0) is 0 Å². The molecule has 0 N–H and O–H groups in total. The molecular weight excluding hydrogens is 557 g/mol. The molecule has 0 amide bonds. The standard InChI is InChI=1S/C40H38NO2P/c1-25-19-27(3)39-37(21-25)38-22-26(2)20-28(4)40(38)43-44(42-39)41(29(5)33-17-15-31-11-7-9-13-35(31)23-33)30(6)34-18-16-32-12-8-10-14-36(32)24-34/h7-24,29-30H,1-6H3/t29-,30-/m1/s1. The van der Waals surface area contributed by atoms with Gasteiger partial charge in [0, 0.05) is 22.9 Å². The molecule has 1 heterocycles. The van der Waals surface area contributed by atoms with Crippen LogP contribution in [0.4, 0.5) is 0 Å². The summed E-state index contributed by atoms with van der Waals surface area (Å²) in [6, 6.07) is 39.7. The predicted octanol–water partition coefficient (Wildman–Crippen LogP) is 12.3. The summed E-state index contributed by atoms with van der Waals surface area (Å²) in [6.45, 7) is 13.2. The monoisotopic (exact) mass is 595 g/mol. The van der Waals surface area contributed by atoms with Gasteiger partial charge in [0.1, 0.15) is 11.2 Å². The summed E-state index contributed by atoms with van der Waals surface area (Å²) in [5.41, 5.74) is 8.96. The van der Waals surface area contributed by atoms with E-state index in [4.69, 9.17) is 8.39 Å². The molecule has 7 aromatic rings. The highest BCUT2D eigenvalue weighted by atomic mass is 31.1. The van der Waals surface area contributed by atoms with Crippen LogP contribution in [0.5, 0.6) is 0 Å². The first-order valence-electron chi connectivity index (χ1n) is 15.4. The molecule has 220 valence electrons. The average molecular weight is 596 g/mol. The van der Waals surface area contributed by atoms with Crippen LogP contribution in [-0.4, -0.2) is 0 Å². The minimum atomic E-state index is -1.57. The zero-order chi connectivity index (χ0) is 30.5.